The molecule has 1 N–H and O–H groups in total. The maximum Gasteiger partial charge on any atom is 0.170 e. The zero-order valence-electron chi connectivity index (χ0n) is 11.7. The standard InChI is InChI=1S/C13H19N5S/c1-13(2,3)14-9-12-15-16-17-18(12)10-5-7-11(19-4)8-6-10/h5-8,14H,9H2,1-4H3. The Labute approximate surface area is 117 Å². The third-order valence-corrected chi connectivity index (χ3v) is 3.37. The molecule has 1 aromatic carbocycles. The number of thioether (sulfide) groups is 1. The van der Waals surface area contributed by atoms with Gasteiger partial charge in [-0.1, -0.05) is 0 Å². The van der Waals surface area contributed by atoms with Gasteiger partial charge in [-0.15, -0.1) is 16.9 Å². The largest absolute Gasteiger partial charge is 0.305 e. The molecule has 0 aliphatic rings. The molecule has 102 valence electrons. The molecule has 0 fully saturated rings. The summed E-state index contributed by atoms with van der Waals surface area (Å²) in [6, 6.07) is 8.21. The minimum atomic E-state index is 0.0412. The third-order valence-electron chi connectivity index (χ3n) is 2.63. The third kappa shape index (κ3) is 3.78. The summed E-state index contributed by atoms with van der Waals surface area (Å²) < 4.78 is 1.77. The lowest BCUT2D eigenvalue weighted by atomic mass is 10.1. The molecule has 0 saturated heterocycles. The van der Waals surface area contributed by atoms with E-state index in [-0.39, 0.29) is 5.54 Å². The number of hydrogen-bond donors (Lipinski definition) is 1. The molecule has 0 aliphatic heterocycles. The van der Waals surface area contributed by atoms with Crippen molar-refractivity contribution < 1.29 is 0 Å². The highest BCUT2D eigenvalue weighted by Crippen LogP contribution is 2.17. The van der Waals surface area contributed by atoms with Gasteiger partial charge in [-0.25, -0.2) is 0 Å². The van der Waals surface area contributed by atoms with Crippen LogP contribution in [0, 0.1) is 0 Å². The van der Waals surface area contributed by atoms with Crippen LogP contribution in [0.2, 0.25) is 0 Å². The van der Waals surface area contributed by atoms with Crippen LogP contribution in [0.5, 0.6) is 0 Å². The summed E-state index contributed by atoms with van der Waals surface area (Å²) in [4.78, 5) is 1.23. The van der Waals surface area contributed by atoms with Crippen LogP contribution >= 0.6 is 11.8 Å². The lowest BCUT2D eigenvalue weighted by molar-refractivity contribution is 0.415. The van der Waals surface area contributed by atoms with Gasteiger partial charge >= 0.3 is 0 Å². The fraction of sp³-hybridized carbons (Fsp3) is 0.462. The molecule has 0 radical (unpaired) electrons. The normalized spacial score (nSPS) is 11.8. The Balaban J connectivity index is 2.18. The predicted molar refractivity (Wildman–Crippen MR) is 77.5 cm³/mol. The second kappa shape index (κ2) is 5.71. The summed E-state index contributed by atoms with van der Waals surface area (Å²) in [6.07, 6.45) is 2.06. The first-order valence-electron chi connectivity index (χ1n) is 6.16. The highest BCUT2D eigenvalue weighted by molar-refractivity contribution is 7.98. The van der Waals surface area contributed by atoms with Crippen LogP contribution in [0.4, 0.5) is 0 Å². The van der Waals surface area contributed by atoms with Crippen LogP contribution in [0.25, 0.3) is 5.69 Å². The minimum absolute atomic E-state index is 0.0412. The lowest BCUT2D eigenvalue weighted by Gasteiger charge is -2.19. The van der Waals surface area contributed by atoms with E-state index in [0.717, 1.165) is 11.5 Å². The first kappa shape index (κ1) is 14.0. The van der Waals surface area contributed by atoms with E-state index in [4.69, 9.17) is 0 Å². The van der Waals surface area contributed by atoms with Crippen molar-refractivity contribution in [2.24, 2.45) is 0 Å². The van der Waals surface area contributed by atoms with Gasteiger partial charge < -0.3 is 5.32 Å². The Morgan fingerprint density at radius 1 is 1.21 bits per heavy atom. The molecule has 2 aromatic rings. The van der Waals surface area contributed by atoms with Crippen molar-refractivity contribution in [3.8, 4) is 5.69 Å². The zero-order chi connectivity index (χ0) is 13.9. The van der Waals surface area contributed by atoms with E-state index in [1.165, 1.54) is 4.90 Å². The fourth-order valence-corrected chi connectivity index (χ4v) is 1.99. The van der Waals surface area contributed by atoms with Crippen LogP contribution in [0.1, 0.15) is 26.6 Å². The van der Waals surface area contributed by atoms with Gasteiger partial charge in [0.25, 0.3) is 0 Å². The molecule has 1 aromatic heterocycles. The molecule has 0 spiro atoms. The summed E-state index contributed by atoms with van der Waals surface area (Å²) in [5.41, 5.74) is 1.02. The average Bonchev–Trinajstić information content (AvgIpc) is 2.84. The number of hydrogen-bond acceptors (Lipinski definition) is 5. The van der Waals surface area contributed by atoms with E-state index in [1.807, 2.05) is 12.1 Å². The topological polar surface area (TPSA) is 55.6 Å². The number of nitrogens with zero attached hydrogens (tertiary/aromatic N) is 4. The van der Waals surface area contributed by atoms with E-state index in [1.54, 1.807) is 16.4 Å². The molecule has 0 amide bonds. The van der Waals surface area contributed by atoms with Crippen LogP contribution in [-0.4, -0.2) is 32.0 Å². The van der Waals surface area contributed by atoms with Crippen LogP contribution in [-0.2, 0) is 6.54 Å². The Bertz CT molecular complexity index is 527. The van der Waals surface area contributed by atoms with E-state index < -0.39 is 0 Å². The molecule has 5 nitrogen and oxygen atoms in total. The lowest BCUT2D eigenvalue weighted by Crippen LogP contribution is -2.35. The highest BCUT2D eigenvalue weighted by Gasteiger charge is 2.13. The van der Waals surface area contributed by atoms with Gasteiger partial charge in [0.05, 0.1) is 12.2 Å². The zero-order valence-corrected chi connectivity index (χ0v) is 12.5. The van der Waals surface area contributed by atoms with E-state index in [9.17, 15) is 0 Å². The molecule has 19 heavy (non-hydrogen) atoms. The van der Waals surface area contributed by atoms with E-state index in [2.05, 4.69) is 60.0 Å². The van der Waals surface area contributed by atoms with Crippen LogP contribution in [0.15, 0.2) is 29.2 Å². The number of tetrazole rings is 1. The minimum Gasteiger partial charge on any atom is -0.305 e. The number of nitrogens with one attached hydrogen (secondary N) is 1. The molecular weight excluding hydrogens is 258 g/mol. The first-order chi connectivity index (χ1) is 8.99. The van der Waals surface area contributed by atoms with Gasteiger partial charge in [0, 0.05) is 10.4 Å². The average molecular weight is 277 g/mol. The molecule has 0 aliphatic carbocycles. The summed E-state index contributed by atoms with van der Waals surface area (Å²) in [7, 11) is 0. The monoisotopic (exact) mass is 277 g/mol. The van der Waals surface area contributed by atoms with E-state index in [0.29, 0.717) is 6.54 Å². The maximum absolute atomic E-state index is 4.07. The van der Waals surface area contributed by atoms with Crippen molar-refractivity contribution in [3.05, 3.63) is 30.1 Å². The second-order valence-corrected chi connectivity index (χ2v) is 6.19. The van der Waals surface area contributed by atoms with Gasteiger partial charge in [-0.05, 0) is 61.7 Å². The number of benzene rings is 1. The molecule has 0 saturated carbocycles. The summed E-state index contributed by atoms with van der Waals surface area (Å²) in [5, 5.41) is 15.3. The van der Waals surface area contributed by atoms with Crippen LogP contribution in [0.3, 0.4) is 0 Å². The second-order valence-electron chi connectivity index (χ2n) is 5.31. The fourth-order valence-electron chi connectivity index (χ4n) is 1.58. The van der Waals surface area contributed by atoms with Crippen molar-refractivity contribution >= 4 is 11.8 Å². The Hall–Kier alpha value is -1.40. The predicted octanol–water partition coefficient (Wildman–Crippen LogP) is 2.27. The highest BCUT2D eigenvalue weighted by atomic mass is 32.2. The van der Waals surface area contributed by atoms with Crippen molar-refractivity contribution in [1.82, 2.24) is 25.5 Å². The Morgan fingerprint density at radius 3 is 2.47 bits per heavy atom. The van der Waals surface area contributed by atoms with E-state index >= 15 is 0 Å². The molecule has 1 heterocycles. The smallest absolute Gasteiger partial charge is 0.170 e. The van der Waals surface area contributed by atoms with Crippen molar-refractivity contribution in [2.45, 2.75) is 37.8 Å². The summed E-state index contributed by atoms with van der Waals surface area (Å²) in [6.45, 7) is 7.00. The Kier molecular flexibility index (Phi) is 4.21. The molecular formula is C13H19N5S. The summed E-state index contributed by atoms with van der Waals surface area (Å²) in [5.74, 6) is 0.812. The van der Waals surface area contributed by atoms with Crippen molar-refractivity contribution in [1.29, 1.82) is 0 Å². The van der Waals surface area contributed by atoms with Gasteiger partial charge in [0.1, 0.15) is 0 Å². The molecule has 0 atom stereocenters. The SMILES string of the molecule is CSc1ccc(-n2nnnc2CNC(C)(C)C)cc1. The van der Waals surface area contributed by atoms with Gasteiger partial charge in [0.15, 0.2) is 5.82 Å². The first-order valence-corrected chi connectivity index (χ1v) is 7.39. The summed E-state index contributed by atoms with van der Waals surface area (Å²) >= 11 is 1.72. The molecule has 0 unspecified atom stereocenters. The van der Waals surface area contributed by atoms with Gasteiger partial charge in [0.2, 0.25) is 0 Å². The van der Waals surface area contributed by atoms with Crippen molar-refractivity contribution in [2.75, 3.05) is 6.26 Å². The Morgan fingerprint density at radius 2 is 1.89 bits per heavy atom. The van der Waals surface area contributed by atoms with Crippen LogP contribution < -0.4 is 5.32 Å². The van der Waals surface area contributed by atoms with Crippen molar-refractivity contribution in [3.63, 3.8) is 0 Å². The van der Waals surface area contributed by atoms with Gasteiger partial charge in [-0.2, -0.15) is 4.68 Å². The molecule has 2 rings (SSSR count). The van der Waals surface area contributed by atoms with Gasteiger partial charge in [-0.3, -0.25) is 0 Å². The molecule has 6 heteroatoms. The molecule has 0 bridgehead atoms. The number of rotatable bonds is 4. The number of aromatic nitrogens is 4. The quantitative estimate of drug-likeness (QED) is 0.869. The maximum atomic E-state index is 4.07.